The third-order valence-electron chi connectivity index (χ3n) is 3.39. The van der Waals surface area contributed by atoms with Gasteiger partial charge in [-0.25, -0.2) is 0 Å². The van der Waals surface area contributed by atoms with E-state index >= 15 is 0 Å². The molecule has 0 aromatic heterocycles. The summed E-state index contributed by atoms with van der Waals surface area (Å²) >= 11 is 0. The van der Waals surface area contributed by atoms with E-state index in [2.05, 4.69) is 30.9 Å². The van der Waals surface area contributed by atoms with Crippen LogP contribution >= 0.6 is 0 Å². The molecule has 0 aliphatic carbocycles. The number of fused-ring (bicyclic) bond motifs is 1. The Bertz CT molecular complexity index is 346. The van der Waals surface area contributed by atoms with Gasteiger partial charge in [0.25, 0.3) is 0 Å². The molecule has 1 aromatic rings. The lowest BCUT2D eigenvalue weighted by atomic mass is 10.1. The van der Waals surface area contributed by atoms with Crippen LogP contribution in [0.25, 0.3) is 0 Å². The lowest BCUT2D eigenvalue weighted by Crippen LogP contribution is -2.26. The number of anilines is 2. The highest BCUT2D eigenvalue weighted by Crippen LogP contribution is 2.32. The van der Waals surface area contributed by atoms with E-state index < -0.39 is 0 Å². The molecule has 82 valence electrons. The van der Waals surface area contributed by atoms with Crippen molar-refractivity contribution < 1.29 is 0 Å². The van der Waals surface area contributed by atoms with Crippen molar-refractivity contribution >= 4 is 11.4 Å². The Morgan fingerprint density at radius 3 is 3.00 bits per heavy atom. The van der Waals surface area contributed by atoms with E-state index in [1.54, 1.807) is 0 Å². The third-order valence-corrected chi connectivity index (χ3v) is 3.39. The number of benzene rings is 1. The molecule has 15 heavy (non-hydrogen) atoms. The fourth-order valence-corrected chi connectivity index (χ4v) is 2.22. The molecular weight excluding hydrogens is 184 g/mol. The second kappa shape index (κ2) is 4.13. The van der Waals surface area contributed by atoms with Gasteiger partial charge < -0.3 is 10.6 Å². The fourth-order valence-electron chi connectivity index (χ4n) is 2.22. The molecule has 0 amide bonds. The number of hydrogen-bond acceptors (Lipinski definition) is 2. The molecule has 1 aliphatic rings. The molecule has 1 unspecified atom stereocenters. The number of hydrogen-bond donors (Lipinski definition) is 1. The largest absolute Gasteiger partial charge is 0.398 e. The summed E-state index contributed by atoms with van der Waals surface area (Å²) in [6.45, 7) is 6.85. The van der Waals surface area contributed by atoms with Crippen molar-refractivity contribution in [2.24, 2.45) is 5.92 Å². The van der Waals surface area contributed by atoms with E-state index in [0.717, 1.165) is 31.1 Å². The van der Waals surface area contributed by atoms with E-state index in [1.807, 2.05) is 6.07 Å². The van der Waals surface area contributed by atoms with Crippen LogP contribution in [0.3, 0.4) is 0 Å². The van der Waals surface area contributed by atoms with Crippen molar-refractivity contribution in [1.29, 1.82) is 0 Å². The van der Waals surface area contributed by atoms with Gasteiger partial charge in [0.15, 0.2) is 0 Å². The predicted molar refractivity (Wildman–Crippen MR) is 66.2 cm³/mol. The van der Waals surface area contributed by atoms with Gasteiger partial charge in [-0.2, -0.15) is 0 Å². The standard InChI is InChI=1S/C13H20N2/c1-3-10(2)9-15-8-7-11-12(14)5-4-6-13(11)15/h4-6,10H,3,7-9,14H2,1-2H3. The number of nitrogens with zero attached hydrogens (tertiary/aromatic N) is 1. The molecule has 2 N–H and O–H groups in total. The molecule has 1 heterocycles. The van der Waals surface area contributed by atoms with Crippen LogP contribution in [0.15, 0.2) is 18.2 Å². The van der Waals surface area contributed by atoms with Crippen molar-refractivity contribution in [3.05, 3.63) is 23.8 Å². The Labute approximate surface area is 92.1 Å². The summed E-state index contributed by atoms with van der Waals surface area (Å²) < 4.78 is 0. The maximum atomic E-state index is 5.97. The lowest BCUT2D eigenvalue weighted by molar-refractivity contribution is 0.550. The second-order valence-electron chi connectivity index (χ2n) is 4.55. The number of nitrogens with two attached hydrogens (primary N) is 1. The Morgan fingerprint density at radius 1 is 1.47 bits per heavy atom. The maximum absolute atomic E-state index is 5.97. The molecule has 2 rings (SSSR count). The first kappa shape index (κ1) is 10.3. The van der Waals surface area contributed by atoms with Crippen molar-refractivity contribution in [1.82, 2.24) is 0 Å². The first-order valence-electron chi connectivity index (χ1n) is 5.84. The Morgan fingerprint density at radius 2 is 2.27 bits per heavy atom. The average Bonchev–Trinajstić information content (AvgIpc) is 2.63. The van der Waals surface area contributed by atoms with Crippen molar-refractivity contribution in [3.63, 3.8) is 0 Å². The van der Waals surface area contributed by atoms with Crippen molar-refractivity contribution in [2.75, 3.05) is 23.7 Å². The number of nitrogen functional groups attached to an aromatic ring is 1. The Hall–Kier alpha value is -1.18. The zero-order valence-electron chi connectivity index (χ0n) is 9.66. The van der Waals surface area contributed by atoms with E-state index in [4.69, 9.17) is 5.73 Å². The molecule has 0 saturated carbocycles. The lowest BCUT2D eigenvalue weighted by Gasteiger charge is -2.23. The van der Waals surface area contributed by atoms with Gasteiger partial charge in [-0.15, -0.1) is 0 Å². The van der Waals surface area contributed by atoms with Crippen LogP contribution in [0.1, 0.15) is 25.8 Å². The summed E-state index contributed by atoms with van der Waals surface area (Å²) in [5.74, 6) is 0.761. The molecule has 1 atom stereocenters. The highest BCUT2D eigenvalue weighted by atomic mass is 15.1. The molecule has 0 spiro atoms. The summed E-state index contributed by atoms with van der Waals surface area (Å²) in [5, 5.41) is 0. The zero-order chi connectivity index (χ0) is 10.8. The highest BCUT2D eigenvalue weighted by Gasteiger charge is 2.21. The zero-order valence-corrected chi connectivity index (χ0v) is 9.66. The summed E-state index contributed by atoms with van der Waals surface area (Å²) in [7, 11) is 0. The summed E-state index contributed by atoms with van der Waals surface area (Å²) in [4.78, 5) is 2.47. The number of rotatable bonds is 3. The van der Waals surface area contributed by atoms with Gasteiger partial charge in [0, 0.05) is 30.0 Å². The van der Waals surface area contributed by atoms with Gasteiger partial charge in [0.1, 0.15) is 0 Å². The van der Waals surface area contributed by atoms with Crippen LogP contribution in [0, 0.1) is 5.92 Å². The fraction of sp³-hybridized carbons (Fsp3) is 0.538. The maximum Gasteiger partial charge on any atom is 0.0420 e. The van der Waals surface area contributed by atoms with E-state index in [1.165, 1.54) is 17.7 Å². The van der Waals surface area contributed by atoms with Crippen LogP contribution in [-0.2, 0) is 6.42 Å². The SMILES string of the molecule is CCC(C)CN1CCc2c(N)cccc21. The topological polar surface area (TPSA) is 29.3 Å². The van der Waals surface area contributed by atoms with E-state index in [9.17, 15) is 0 Å². The molecule has 0 radical (unpaired) electrons. The van der Waals surface area contributed by atoms with Crippen LogP contribution in [0.4, 0.5) is 11.4 Å². The Balaban J connectivity index is 2.18. The minimum atomic E-state index is 0.761. The minimum absolute atomic E-state index is 0.761. The van der Waals surface area contributed by atoms with Crippen LogP contribution in [0.2, 0.25) is 0 Å². The van der Waals surface area contributed by atoms with Gasteiger partial charge in [0.05, 0.1) is 0 Å². The van der Waals surface area contributed by atoms with Crippen LogP contribution in [-0.4, -0.2) is 13.1 Å². The molecule has 1 aliphatic heterocycles. The van der Waals surface area contributed by atoms with Gasteiger partial charge >= 0.3 is 0 Å². The van der Waals surface area contributed by atoms with Gasteiger partial charge in [-0.1, -0.05) is 26.3 Å². The Kier molecular flexibility index (Phi) is 2.85. The summed E-state index contributed by atoms with van der Waals surface area (Å²) in [5.41, 5.74) is 9.63. The molecule has 2 heteroatoms. The summed E-state index contributed by atoms with van der Waals surface area (Å²) in [6, 6.07) is 6.26. The summed E-state index contributed by atoms with van der Waals surface area (Å²) in [6.07, 6.45) is 2.35. The monoisotopic (exact) mass is 204 g/mol. The van der Waals surface area contributed by atoms with Gasteiger partial charge in [0.2, 0.25) is 0 Å². The molecule has 0 saturated heterocycles. The second-order valence-corrected chi connectivity index (χ2v) is 4.55. The van der Waals surface area contributed by atoms with E-state index in [0.29, 0.717) is 0 Å². The van der Waals surface area contributed by atoms with E-state index in [-0.39, 0.29) is 0 Å². The molecule has 0 bridgehead atoms. The first-order chi connectivity index (χ1) is 7.22. The quantitative estimate of drug-likeness (QED) is 0.767. The van der Waals surface area contributed by atoms with Crippen LogP contribution < -0.4 is 10.6 Å². The molecule has 2 nitrogen and oxygen atoms in total. The first-order valence-corrected chi connectivity index (χ1v) is 5.84. The van der Waals surface area contributed by atoms with Crippen molar-refractivity contribution in [2.45, 2.75) is 26.7 Å². The van der Waals surface area contributed by atoms with Gasteiger partial charge in [-0.3, -0.25) is 0 Å². The van der Waals surface area contributed by atoms with Crippen LogP contribution in [0.5, 0.6) is 0 Å². The molecular formula is C13H20N2. The average molecular weight is 204 g/mol. The predicted octanol–water partition coefficient (Wildman–Crippen LogP) is 2.68. The molecule has 0 fully saturated rings. The molecule has 1 aromatic carbocycles. The van der Waals surface area contributed by atoms with Gasteiger partial charge in [-0.05, 0) is 24.5 Å². The van der Waals surface area contributed by atoms with Crippen molar-refractivity contribution in [3.8, 4) is 0 Å². The smallest absolute Gasteiger partial charge is 0.0420 e. The third kappa shape index (κ3) is 1.94. The minimum Gasteiger partial charge on any atom is -0.398 e. The highest BCUT2D eigenvalue weighted by molar-refractivity contribution is 5.68. The normalized spacial score (nSPS) is 16.5.